The van der Waals surface area contributed by atoms with E-state index in [2.05, 4.69) is 26.1 Å². The van der Waals surface area contributed by atoms with E-state index in [9.17, 15) is 9.59 Å². The van der Waals surface area contributed by atoms with Crippen molar-refractivity contribution in [2.24, 2.45) is 0 Å². The highest BCUT2D eigenvalue weighted by Crippen LogP contribution is 2.26. The number of nitrogens with zero attached hydrogens (tertiary/aromatic N) is 2. The Kier molecular flexibility index (Phi) is 6.27. The fourth-order valence-corrected chi connectivity index (χ4v) is 4.03. The van der Waals surface area contributed by atoms with Crippen LogP contribution in [0.1, 0.15) is 20.9 Å². The third kappa shape index (κ3) is 4.74. The Labute approximate surface area is 188 Å². The Morgan fingerprint density at radius 3 is 2.39 bits per heavy atom. The van der Waals surface area contributed by atoms with E-state index in [1.165, 1.54) is 6.26 Å². The van der Waals surface area contributed by atoms with Crippen LogP contribution in [-0.2, 0) is 0 Å². The zero-order valence-corrected chi connectivity index (χ0v) is 18.6. The maximum absolute atomic E-state index is 12.5. The van der Waals surface area contributed by atoms with E-state index in [0.29, 0.717) is 35.9 Å². The normalized spacial score (nSPS) is 13.7. The molecule has 0 radical (unpaired) electrons. The Bertz CT molecular complexity index is 1060. The molecular formula is C23H22BrN3O4. The van der Waals surface area contributed by atoms with Crippen molar-refractivity contribution in [1.82, 2.24) is 4.90 Å². The molecule has 0 aliphatic carbocycles. The number of carbonyl (C=O) groups excluding carboxylic acids is 2. The number of nitrogens with one attached hydrogen (secondary N) is 1. The van der Waals surface area contributed by atoms with E-state index >= 15 is 0 Å². The van der Waals surface area contributed by atoms with E-state index in [1.807, 2.05) is 24.3 Å². The summed E-state index contributed by atoms with van der Waals surface area (Å²) in [4.78, 5) is 28.9. The molecule has 0 atom stereocenters. The van der Waals surface area contributed by atoms with Crippen molar-refractivity contribution in [3.05, 3.63) is 76.7 Å². The number of anilines is 2. The van der Waals surface area contributed by atoms with Crippen molar-refractivity contribution < 1.29 is 18.7 Å². The van der Waals surface area contributed by atoms with Crippen LogP contribution in [0.2, 0.25) is 0 Å². The molecule has 0 unspecified atom stereocenters. The van der Waals surface area contributed by atoms with Gasteiger partial charge in [-0.2, -0.15) is 0 Å². The number of rotatable bonds is 5. The number of benzene rings is 2. The summed E-state index contributed by atoms with van der Waals surface area (Å²) in [5, 5.41) is 2.91. The van der Waals surface area contributed by atoms with E-state index < -0.39 is 0 Å². The van der Waals surface area contributed by atoms with Crippen LogP contribution in [-0.4, -0.2) is 50.0 Å². The summed E-state index contributed by atoms with van der Waals surface area (Å²) >= 11 is 3.40. The molecule has 8 heteroatoms. The molecule has 2 amide bonds. The van der Waals surface area contributed by atoms with Crippen molar-refractivity contribution in [2.75, 3.05) is 43.5 Å². The summed E-state index contributed by atoms with van der Waals surface area (Å²) in [5.74, 6) is 0.776. The number of halogens is 1. The van der Waals surface area contributed by atoms with E-state index in [1.54, 1.807) is 42.3 Å². The van der Waals surface area contributed by atoms with E-state index in [0.717, 1.165) is 23.2 Å². The van der Waals surface area contributed by atoms with Crippen LogP contribution in [0.5, 0.6) is 5.75 Å². The topological polar surface area (TPSA) is 75.0 Å². The largest absolute Gasteiger partial charge is 0.496 e. The molecule has 0 saturated carbocycles. The van der Waals surface area contributed by atoms with Crippen molar-refractivity contribution in [3.63, 3.8) is 0 Å². The van der Waals surface area contributed by atoms with Crippen molar-refractivity contribution >= 4 is 39.1 Å². The maximum atomic E-state index is 12.5. The molecule has 31 heavy (non-hydrogen) atoms. The predicted molar refractivity (Wildman–Crippen MR) is 122 cm³/mol. The van der Waals surface area contributed by atoms with Gasteiger partial charge in [0.25, 0.3) is 11.8 Å². The van der Waals surface area contributed by atoms with Crippen LogP contribution >= 0.6 is 15.9 Å². The quantitative estimate of drug-likeness (QED) is 0.586. The van der Waals surface area contributed by atoms with Crippen molar-refractivity contribution in [2.45, 2.75) is 0 Å². The number of hydrogen-bond donors (Lipinski definition) is 1. The van der Waals surface area contributed by atoms with Gasteiger partial charge in [-0.3, -0.25) is 9.59 Å². The van der Waals surface area contributed by atoms with Crippen molar-refractivity contribution in [3.8, 4) is 5.75 Å². The van der Waals surface area contributed by atoms with Crippen LogP contribution in [0, 0.1) is 0 Å². The standard InChI is InChI=1S/C23H22BrN3O4/c1-30-20-9-4-16(15-19(20)24)22(28)25-17-5-7-18(8-6-17)26-10-12-27(13-11-26)23(29)21-3-2-14-31-21/h2-9,14-15H,10-13H2,1H3,(H,25,28). The highest BCUT2D eigenvalue weighted by atomic mass is 79.9. The number of piperazine rings is 1. The van der Waals surface area contributed by atoms with Crippen LogP contribution in [0.4, 0.5) is 11.4 Å². The number of amides is 2. The molecule has 1 aliphatic rings. The third-order valence-electron chi connectivity index (χ3n) is 5.20. The third-order valence-corrected chi connectivity index (χ3v) is 5.82. The molecule has 4 rings (SSSR count). The van der Waals surface area contributed by atoms with Gasteiger partial charge in [0.2, 0.25) is 0 Å². The number of carbonyl (C=O) groups is 2. The van der Waals surface area contributed by atoms with Gasteiger partial charge >= 0.3 is 0 Å². The molecule has 1 saturated heterocycles. The first-order valence-corrected chi connectivity index (χ1v) is 10.7. The molecular weight excluding hydrogens is 462 g/mol. The zero-order chi connectivity index (χ0) is 21.8. The van der Waals surface area contributed by atoms with Gasteiger partial charge in [-0.1, -0.05) is 0 Å². The van der Waals surface area contributed by atoms with Gasteiger partial charge in [-0.15, -0.1) is 0 Å². The Balaban J connectivity index is 1.34. The van der Waals surface area contributed by atoms with Gasteiger partial charge in [0.15, 0.2) is 5.76 Å². The first kappa shape index (κ1) is 21.0. The molecule has 0 spiro atoms. The molecule has 160 valence electrons. The summed E-state index contributed by atoms with van der Waals surface area (Å²) in [7, 11) is 1.58. The minimum absolute atomic E-state index is 0.0760. The first-order chi connectivity index (χ1) is 15.0. The summed E-state index contributed by atoms with van der Waals surface area (Å²) < 4.78 is 11.1. The molecule has 1 aromatic heterocycles. The predicted octanol–water partition coefficient (Wildman–Crippen LogP) is 4.27. The summed E-state index contributed by atoms with van der Waals surface area (Å²) in [5.41, 5.74) is 2.30. The molecule has 1 N–H and O–H groups in total. The van der Waals surface area contributed by atoms with Crippen molar-refractivity contribution in [1.29, 1.82) is 0 Å². The van der Waals surface area contributed by atoms with Gasteiger partial charge in [0, 0.05) is 43.1 Å². The number of furan rings is 1. The van der Waals surface area contributed by atoms with Gasteiger partial charge in [-0.05, 0) is 70.5 Å². The average molecular weight is 484 g/mol. The second kappa shape index (κ2) is 9.26. The number of ether oxygens (including phenoxy) is 1. The number of methoxy groups -OCH3 is 1. The number of hydrogen-bond acceptors (Lipinski definition) is 5. The monoisotopic (exact) mass is 483 g/mol. The summed E-state index contributed by atoms with van der Waals surface area (Å²) in [6.07, 6.45) is 1.51. The molecule has 2 heterocycles. The molecule has 1 fully saturated rings. The summed E-state index contributed by atoms with van der Waals surface area (Å²) in [6, 6.07) is 16.3. The second-order valence-electron chi connectivity index (χ2n) is 7.11. The van der Waals surface area contributed by atoms with Crippen LogP contribution in [0.3, 0.4) is 0 Å². The minimum Gasteiger partial charge on any atom is -0.496 e. The summed E-state index contributed by atoms with van der Waals surface area (Å²) in [6.45, 7) is 2.73. The fourth-order valence-electron chi connectivity index (χ4n) is 3.49. The maximum Gasteiger partial charge on any atom is 0.289 e. The van der Waals surface area contributed by atoms with Gasteiger partial charge < -0.3 is 24.3 Å². The SMILES string of the molecule is COc1ccc(C(=O)Nc2ccc(N3CCN(C(=O)c4ccco4)CC3)cc2)cc1Br. The smallest absolute Gasteiger partial charge is 0.289 e. The van der Waals surface area contributed by atoms with Crippen LogP contribution < -0.4 is 15.0 Å². The Morgan fingerprint density at radius 1 is 1.03 bits per heavy atom. The molecule has 0 bridgehead atoms. The van der Waals surface area contributed by atoms with E-state index in [-0.39, 0.29) is 11.8 Å². The minimum atomic E-state index is -0.193. The highest BCUT2D eigenvalue weighted by Gasteiger charge is 2.23. The lowest BCUT2D eigenvalue weighted by molar-refractivity contribution is 0.0714. The lowest BCUT2D eigenvalue weighted by atomic mass is 10.2. The highest BCUT2D eigenvalue weighted by molar-refractivity contribution is 9.10. The first-order valence-electron chi connectivity index (χ1n) is 9.88. The van der Waals surface area contributed by atoms with Gasteiger partial charge in [0.1, 0.15) is 5.75 Å². The van der Waals surface area contributed by atoms with Crippen LogP contribution in [0.15, 0.2) is 69.8 Å². The van der Waals surface area contributed by atoms with E-state index in [4.69, 9.17) is 9.15 Å². The second-order valence-corrected chi connectivity index (χ2v) is 7.96. The molecule has 1 aliphatic heterocycles. The lowest BCUT2D eigenvalue weighted by Gasteiger charge is -2.35. The lowest BCUT2D eigenvalue weighted by Crippen LogP contribution is -2.48. The Hall–Kier alpha value is -3.26. The Morgan fingerprint density at radius 2 is 1.77 bits per heavy atom. The molecule has 7 nitrogen and oxygen atoms in total. The van der Waals surface area contributed by atoms with Gasteiger partial charge in [-0.25, -0.2) is 0 Å². The van der Waals surface area contributed by atoms with Gasteiger partial charge in [0.05, 0.1) is 17.8 Å². The zero-order valence-electron chi connectivity index (χ0n) is 17.0. The molecule has 2 aromatic carbocycles. The average Bonchev–Trinajstić information content (AvgIpc) is 3.34. The van der Waals surface area contributed by atoms with Crippen LogP contribution in [0.25, 0.3) is 0 Å². The fraction of sp³-hybridized carbons (Fsp3) is 0.217. The molecule has 3 aromatic rings.